The van der Waals surface area contributed by atoms with Crippen LogP contribution in [-0.2, 0) is 9.53 Å². The molecule has 2 aromatic rings. The van der Waals surface area contributed by atoms with Gasteiger partial charge in [-0.05, 0) is 30.7 Å². The zero-order valence-corrected chi connectivity index (χ0v) is 14.5. The highest BCUT2D eigenvalue weighted by atomic mass is 16.6. The maximum absolute atomic E-state index is 12.0. The number of esters is 1. The lowest BCUT2D eigenvalue weighted by Crippen LogP contribution is -2.01. The molecule has 7 nitrogen and oxygen atoms in total. The normalized spacial score (nSPS) is 15.1. The summed E-state index contributed by atoms with van der Waals surface area (Å²) in [5.41, 5.74) is 1.46. The summed E-state index contributed by atoms with van der Waals surface area (Å²) in [7, 11) is 0. The van der Waals surface area contributed by atoms with Gasteiger partial charge in [-0.3, -0.25) is 10.1 Å². The van der Waals surface area contributed by atoms with E-state index in [1.165, 1.54) is 18.2 Å². The summed E-state index contributed by atoms with van der Waals surface area (Å²) in [4.78, 5) is 26.6. The van der Waals surface area contributed by atoms with Crippen molar-refractivity contribution in [1.82, 2.24) is 0 Å². The number of nitro groups is 1. The Hall–Kier alpha value is -3.74. The number of cyclic esters (lactones) is 1. The number of rotatable bonds is 6. The number of nitro benzene ring substituents is 1. The van der Waals surface area contributed by atoms with Crippen LogP contribution in [0, 0.1) is 10.1 Å². The summed E-state index contributed by atoms with van der Waals surface area (Å²) in [6.45, 7) is 2.38. The molecule has 3 rings (SSSR count). The van der Waals surface area contributed by atoms with Gasteiger partial charge in [0.2, 0.25) is 5.90 Å². The van der Waals surface area contributed by atoms with Crippen LogP contribution in [0.5, 0.6) is 5.75 Å². The summed E-state index contributed by atoms with van der Waals surface area (Å²) in [6, 6.07) is 13.4. The van der Waals surface area contributed by atoms with Crippen molar-refractivity contribution >= 4 is 29.7 Å². The number of carbonyl (C=O) groups excluding carboxylic acids is 1. The Kier molecular flexibility index (Phi) is 5.41. The Bertz CT molecular complexity index is 976. The molecule has 0 amide bonds. The van der Waals surface area contributed by atoms with Crippen LogP contribution in [0.4, 0.5) is 5.69 Å². The topological polar surface area (TPSA) is 91.0 Å². The van der Waals surface area contributed by atoms with Gasteiger partial charge in [-0.25, -0.2) is 9.79 Å². The highest BCUT2D eigenvalue weighted by molar-refractivity contribution is 6.11. The molecular formula is C20H16N2O5. The lowest BCUT2D eigenvalue weighted by molar-refractivity contribution is -0.384. The highest BCUT2D eigenvalue weighted by Gasteiger charge is 2.21. The highest BCUT2D eigenvalue weighted by Crippen LogP contribution is 2.24. The molecule has 0 aromatic heterocycles. The third kappa shape index (κ3) is 4.46. The van der Waals surface area contributed by atoms with Crippen molar-refractivity contribution in [3.05, 3.63) is 81.5 Å². The minimum Gasteiger partial charge on any atom is -0.493 e. The summed E-state index contributed by atoms with van der Waals surface area (Å²) >= 11 is 0. The van der Waals surface area contributed by atoms with E-state index in [0.717, 1.165) is 5.56 Å². The van der Waals surface area contributed by atoms with E-state index < -0.39 is 10.9 Å². The number of hydrogen-bond acceptors (Lipinski definition) is 6. The number of benzene rings is 2. The lowest BCUT2D eigenvalue weighted by atomic mass is 10.1. The molecule has 7 heteroatoms. The molecule has 0 fully saturated rings. The van der Waals surface area contributed by atoms with E-state index in [-0.39, 0.29) is 17.3 Å². The van der Waals surface area contributed by atoms with Gasteiger partial charge in [0, 0.05) is 23.8 Å². The second kappa shape index (κ2) is 8.09. The largest absolute Gasteiger partial charge is 0.493 e. The lowest BCUT2D eigenvalue weighted by Gasteiger charge is -2.06. The van der Waals surface area contributed by atoms with Crippen molar-refractivity contribution in [3.8, 4) is 5.75 Å². The quantitative estimate of drug-likeness (QED) is 0.334. The van der Waals surface area contributed by atoms with Crippen LogP contribution in [0.15, 0.2) is 65.3 Å². The van der Waals surface area contributed by atoms with E-state index in [1.807, 2.05) is 31.2 Å². The first-order valence-electron chi connectivity index (χ1n) is 8.23. The standard InChI is InChI=1S/C20H16N2O5/c1-2-26-18-9-4-3-7-15(18)13-17-20(23)27-19(21-17)11-10-14-6-5-8-16(12-14)22(24)25/h3-13H,2H2,1H3. The number of hydrogen-bond donors (Lipinski definition) is 0. The molecule has 0 bridgehead atoms. The Morgan fingerprint density at radius 1 is 1.19 bits per heavy atom. The number of para-hydroxylation sites is 1. The Labute approximate surface area is 155 Å². The molecule has 27 heavy (non-hydrogen) atoms. The second-order valence-electron chi connectivity index (χ2n) is 5.53. The second-order valence-corrected chi connectivity index (χ2v) is 5.53. The zero-order chi connectivity index (χ0) is 19.2. The molecular weight excluding hydrogens is 348 g/mol. The Balaban J connectivity index is 1.82. The van der Waals surface area contributed by atoms with Gasteiger partial charge in [0.1, 0.15) is 5.75 Å². The first-order valence-corrected chi connectivity index (χ1v) is 8.23. The number of non-ortho nitro benzene ring substituents is 1. The minimum absolute atomic E-state index is 0.0179. The van der Waals surface area contributed by atoms with Gasteiger partial charge >= 0.3 is 5.97 Å². The predicted molar refractivity (Wildman–Crippen MR) is 101 cm³/mol. The summed E-state index contributed by atoms with van der Waals surface area (Å²) in [5.74, 6) is 0.197. The number of aliphatic imine (C=N–C) groups is 1. The number of nitrogens with zero attached hydrogens (tertiary/aromatic N) is 2. The molecule has 0 aliphatic carbocycles. The first kappa shape index (κ1) is 18.1. The van der Waals surface area contributed by atoms with Crippen molar-refractivity contribution in [2.75, 3.05) is 6.61 Å². The SMILES string of the molecule is CCOc1ccccc1C=C1N=C(C=Cc2cccc([N+](=O)[O-])c2)OC1=O. The van der Waals surface area contributed by atoms with E-state index >= 15 is 0 Å². The van der Waals surface area contributed by atoms with E-state index in [1.54, 1.807) is 24.3 Å². The van der Waals surface area contributed by atoms with Crippen LogP contribution >= 0.6 is 0 Å². The monoisotopic (exact) mass is 364 g/mol. The Morgan fingerprint density at radius 2 is 2.00 bits per heavy atom. The van der Waals surface area contributed by atoms with Crippen molar-refractivity contribution in [3.63, 3.8) is 0 Å². The van der Waals surface area contributed by atoms with Gasteiger partial charge in [0.15, 0.2) is 5.70 Å². The smallest absolute Gasteiger partial charge is 0.363 e. The molecule has 0 radical (unpaired) electrons. The van der Waals surface area contributed by atoms with Crippen molar-refractivity contribution in [2.24, 2.45) is 4.99 Å². The summed E-state index contributed by atoms with van der Waals surface area (Å²) in [6.07, 6.45) is 4.68. The van der Waals surface area contributed by atoms with E-state index in [2.05, 4.69) is 4.99 Å². The number of ether oxygens (including phenoxy) is 2. The van der Waals surface area contributed by atoms with Gasteiger partial charge < -0.3 is 9.47 Å². The molecule has 136 valence electrons. The van der Waals surface area contributed by atoms with E-state index in [9.17, 15) is 14.9 Å². The molecule has 0 spiro atoms. The molecule has 1 aliphatic rings. The number of carbonyl (C=O) groups is 1. The third-order valence-electron chi connectivity index (χ3n) is 3.65. The van der Waals surface area contributed by atoms with Crippen LogP contribution in [0.3, 0.4) is 0 Å². The minimum atomic E-state index is -0.569. The Morgan fingerprint density at radius 3 is 2.78 bits per heavy atom. The average molecular weight is 364 g/mol. The molecule has 0 atom stereocenters. The van der Waals surface area contributed by atoms with Crippen LogP contribution in [0.25, 0.3) is 12.2 Å². The van der Waals surface area contributed by atoms with Gasteiger partial charge in [0.25, 0.3) is 5.69 Å². The molecule has 0 unspecified atom stereocenters. The first-order chi connectivity index (χ1) is 13.1. The predicted octanol–water partition coefficient (Wildman–Crippen LogP) is 4.00. The van der Waals surface area contributed by atoms with Gasteiger partial charge in [-0.15, -0.1) is 0 Å². The van der Waals surface area contributed by atoms with E-state index in [0.29, 0.717) is 17.9 Å². The van der Waals surface area contributed by atoms with Crippen molar-refractivity contribution in [2.45, 2.75) is 6.92 Å². The van der Waals surface area contributed by atoms with Gasteiger partial charge in [0.05, 0.1) is 11.5 Å². The molecule has 0 N–H and O–H groups in total. The summed E-state index contributed by atoms with van der Waals surface area (Å²) in [5, 5.41) is 10.8. The molecule has 1 heterocycles. The molecule has 0 saturated carbocycles. The van der Waals surface area contributed by atoms with Crippen molar-refractivity contribution < 1.29 is 19.2 Å². The molecule has 2 aromatic carbocycles. The zero-order valence-electron chi connectivity index (χ0n) is 14.5. The maximum Gasteiger partial charge on any atom is 0.363 e. The fourth-order valence-corrected chi connectivity index (χ4v) is 2.44. The van der Waals surface area contributed by atoms with Crippen LogP contribution < -0.4 is 4.74 Å². The molecule has 0 saturated heterocycles. The average Bonchev–Trinajstić information content (AvgIpc) is 3.01. The maximum atomic E-state index is 12.0. The van der Waals surface area contributed by atoms with Gasteiger partial charge in [-0.2, -0.15) is 0 Å². The van der Waals surface area contributed by atoms with Gasteiger partial charge in [-0.1, -0.05) is 30.3 Å². The molecule has 1 aliphatic heterocycles. The van der Waals surface area contributed by atoms with Crippen molar-refractivity contribution in [1.29, 1.82) is 0 Å². The fourth-order valence-electron chi connectivity index (χ4n) is 2.44. The van der Waals surface area contributed by atoms with E-state index in [4.69, 9.17) is 9.47 Å². The van der Waals surface area contributed by atoms with Crippen LogP contribution in [-0.4, -0.2) is 23.4 Å². The van der Waals surface area contributed by atoms with Crippen LogP contribution in [0.2, 0.25) is 0 Å². The fraction of sp³-hybridized carbons (Fsp3) is 0.100. The summed E-state index contributed by atoms with van der Waals surface area (Å²) < 4.78 is 10.7. The van der Waals surface area contributed by atoms with Crippen LogP contribution in [0.1, 0.15) is 18.1 Å². The third-order valence-corrected chi connectivity index (χ3v) is 3.65.